The summed E-state index contributed by atoms with van der Waals surface area (Å²) in [5, 5.41) is 19.5. The van der Waals surface area contributed by atoms with Gasteiger partial charge in [-0.3, -0.25) is 14.0 Å². The maximum Gasteiger partial charge on any atom is 0.280 e. The summed E-state index contributed by atoms with van der Waals surface area (Å²) in [6.45, 7) is 0. The van der Waals surface area contributed by atoms with Crippen LogP contribution < -0.4 is 5.32 Å². The highest BCUT2D eigenvalue weighted by Gasteiger charge is 2.02. The minimum atomic E-state index is -0.958. The number of aliphatic hydroxyl groups is 1. The van der Waals surface area contributed by atoms with Gasteiger partial charge in [0.1, 0.15) is 5.94 Å². The SMILES string of the molecule is CN=CS(=O)CSCSCSCSCSC(=O)NCSCSCSCSCN=COOCSCSCO. The Labute approximate surface area is 270 Å². The van der Waals surface area contributed by atoms with Crippen molar-refractivity contribution in [1.82, 2.24) is 5.32 Å². The van der Waals surface area contributed by atoms with Crippen LogP contribution in [0.3, 0.4) is 0 Å². The molecular formula is C17H33N3O5S12. The number of hydrogen-bond donors (Lipinski definition) is 2. The second-order valence-corrected chi connectivity index (χ2v) is 20.7. The van der Waals surface area contributed by atoms with E-state index in [9.17, 15) is 9.00 Å². The van der Waals surface area contributed by atoms with Crippen molar-refractivity contribution in [2.24, 2.45) is 9.98 Å². The van der Waals surface area contributed by atoms with Crippen LogP contribution in [0.4, 0.5) is 4.79 Å². The molecule has 0 aromatic rings. The third kappa shape index (κ3) is 34.6. The molecule has 0 aliphatic carbocycles. The van der Waals surface area contributed by atoms with Gasteiger partial charge in [-0.25, -0.2) is 4.99 Å². The van der Waals surface area contributed by atoms with Gasteiger partial charge >= 0.3 is 0 Å². The quantitative estimate of drug-likeness (QED) is 0.0225. The zero-order valence-corrected chi connectivity index (χ0v) is 30.0. The average molecular weight is 744 g/mol. The molecule has 1 atom stereocenters. The minimum Gasteiger partial charge on any atom is -0.386 e. The third-order valence-electron chi connectivity index (χ3n) is 2.76. The van der Waals surface area contributed by atoms with Gasteiger partial charge in [0.2, 0.25) is 6.40 Å². The van der Waals surface area contributed by atoms with Crippen molar-refractivity contribution in [1.29, 1.82) is 0 Å². The monoisotopic (exact) mass is 743 g/mol. The number of aliphatic imine (C=N–C) groups is 2. The smallest absolute Gasteiger partial charge is 0.280 e. The van der Waals surface area contributed by atoms with Crippen molar-refractivity contribution >= 4 is 157 Å². The van der Waals surface area contributed by atoms with E-state index in [0.717, 1.165) is 40.7 Å². The summed E-state index contributed by atoms with van der Waals surface area (Å²) in [6, 6.07) is 0. The van der Waals surface area contributed by atoms with Crippen LogP contribution in [0, 0.1) is 0 Å². The molecule has 0 aliphatic heterocycles. The van der Waals surface area contributed by atoms with E-state index < -0.39 is 10.8 Å². The van der Waals surface area contributed by atoms with E-state index in [2.05, 4.69) is 15.3 Å². The van der Waals surface area contributed by atoms with Crippen LogP contribution in [-0.2, 0) is 20.6 Å². The summed E-state index contributed by atoms with van der Waals surface area (Å²) < 4.78 is 11.4. The lowest BCUT2D eigenvalue weighted by atomic mass is 11.2. The van der Waals surface area contributed by atoms with Crippen molar-refractivity contribution < 1.29 is 23.9 Å². The van der Waals surface area contributed by atoms with Crippen molar-refractivity contribution in [3.8, 4) is 0 Å². The maximum atomic E-state index is 11.8. The Morgan fingerprint density at radius 1 is 0.865 bits per heavy atom. The fourth-order valence-corrected chi connectivity index (χ4v) is 14.0. The van der Waals surface area contributed by atoms with E-state index >= 15 is 0 Å². The first-order valence-electron chi connectivity index (χ1n) is 10.1. The lowest BCUT2D eigenvalue weighted by molar-refractivity contribution is -0.196. The fourth-order valence-electron chi connectivity index (χ4n) is 1.46. The molecule has 0 rings (SSSR count). The molecule has 0 radical (unpaired) electrons. The minimum absolute atomic E-state index is 0.0320. The number of aliphatic hydroxyl groups excluding tert-OH is 1. The molecule has 218 valence electrons. The number of hydrogen-bond acceptors (Lipinski definition) is 18. The molecule has 2 N–H and O–H groups in total. The predicted molar refractivity (Wildman–Crippen MR) is 191 cm³/mol. The molecule has 37 heavy (non-hydrogen) atoms. The predicted octanol–water partition coefficient (Wildman–Crippen LogP) is 6.58. The zero-order valence-electron chi connectivity index (χ0n) is 20.2. The molecule has 20 heteroatoms. The van der Waals surface area contributed by atoms with Crippen molar-refractivity contribution in [2.75, 3.05) is 76.4 Å². The van der Waals surface area contributed by atoms with E-state index in [0.29, 0.717) is 22.8 Å². The Bertz CT molecular complexity index is 598. The lowest BCUT2D eigenvalue weighted by Gasteiger charge is -2.05. The Hall–Kier alpha value is 2.53. The maximum absolute atomic E-state index is 11.8. The molecule has 0 fully saturated rings. The van der Waals surface area contributed by atoms with Gasteiger partial charge in [-0.2, -0.15) is 4.89 Å². The first-order valence-corrected chi connectivity index (χ1v) is 24.0. The fraction of sp³-hybridized carbons (Fsp3) is 0.824. The summed E-state index contributed by atoms with van der Waals surface area (Å²) >= 11 is 18.5. The molecule has 0 aromatic heterocycles. The van der Waals surface area contributed by atoms with Gasteiger partial charge in [-0.1, -0.05) is 11.8 Å². The number of amides is 1. The molecule has 0 saturated carbocycles. The first-order chi connectivity index (χ1) is 18.2. The summed E-state index contributed by atoms with van der Waals surface area (Å²) in [7, 11) is 0.676. The number of rotatable bonds is 28. The summed E-state index contributed by atoms with van der Waals surface area (Å²) in [6.07, 6.45) is 1.31. The molecule has 1 amide bonds. The normalized spacial score (nSPS) is 12.5. The van der Waals surface area contributed by atoms with Crippen LogP contribution in [0.15, 0.2) is 9.98 Å². The summed E-state index contributed by atoms with van der Waals surface area (Å²) in [4.78, 5) is 29.4. The Kier molecular flexibility index (Phi) is 37.1. The third-order valence-corrected chi connectivity index (χ3v) is 16.8. The van der Waals surface area contributed by atoms with E-state index in [1.54, 1.807) is 54.1 Å². The molecule has 0 aromatic carbocycles. The van der Waals surface area contributed by atoms with E-state index in [4.69, 9.17) is 14.9 Å². The number of nitrogens with zero attached hydrogens (tertiary/aromatic N) is 2. The van der Waals surface area contributed by atoms with Crippen molar-refractivity contribution in [3.63, 3.8) is 0 Å². The summed E-state index contributed by atoms with van der Waals surface area (Å²) in [5.41, 5.74) is 1.48. The van der Waals surface area contributed by atoms with Crippen LogP contribution in [-0.4, -0.2) is 103 Å². The molecule has 0 heterocycles. The number of nitrogens with one attached hydrogen (secondary N) is 1. The van der Waals surface area contributed by atoms with E-state index in [-0.39, 0.29) is 11.2 Å². The number of thioether (sulfide) groups is 11. The molecule has 1 unspecified atom stereocenters. The molecule has 8 nitrogen and oxygen atoms in total. The molecular weight excluding hydrogens is 711 g/mol. The highest BCUT2D eigenvalue weighted by molar-refractivity contribution is 8.30. The van der Waals surface area contributed by atoms with Crippen molar-refractivity contribution in [2.45, 2.75) is 0 Å². The van der Waals surface area contributed by atoms with Crippen LogP contribution in [0.5, 0.6) is 0 Å². The van der Waals surface area contributed by atoms with Crippen LogP contribution >= 0.6 is 129 Å². The van der Waals surface area contributed by atoms with Crippen LogP contribution in [0.2, 0.25) is 0 Å². The van der Waals surface area contributed by atoms with Gasteiger partial charge in [-0.15, -0.1) is 118 Å². The summed E-state index contributed by atoms with van der Waals surface area (Å²) in [5.74, 6) is 1.78. The number of carbonyl (C=O) groups is 1. The van der Waals surface area contributed by atoms with Gasteiger partial charge in [-0.05, 0) is 0 Å². The van der Waals surface area contributed by atoms with Crippen molar-refractivity contribution in [3.05, 3.63) is 0 Å². The molecule has 0 bridgehead atoms. The highest BCUT2D eigenvalue weighted by atomic mass is 32.3. The molecule has 0 aliphatic rings. The standard InChI is InChI=1S/C17H33N3O5S12/c1-18-5-37(23)16-35-14-33-12-32-13-34-15-36-17(22)20-4-27-9-31-11-30-8-26-3-19-2-24-25-7-29-10-28-6-21/h2,5,21H,3-4,6-16H2,1H3,(H,20,22). The van der Waals surface area contributed by atoms with Gasteiger partial charge in [0, 0.05) is 47.7 Å². The zero-order chi connectivity index (χ0) is 27.1. The topological polar surface area (TPSA) is 110 Å². The Morgan fingerprint density at radius 3 is 2.19 bits per heavy atom. The van der Waals surface area contributed by atoms with Gasteiger partial charge in [0.05, 0.1) is 39.1 Å². The molecule has 0 spiro atoms. The lowest BCUT2D eigenvalue weighted by Crippen LogP contribution is -2.17. The number of carbonyl (C=O) groups excluding carboxylic acids is 1. The second kappa shape index (κ2) is 34.7. The average Bonchev–Trinajstić information content (AvgIpc) is 2.89. The van der Waals surface area contributed by atoms with E-state index in [1.807, 2.05) is 47.0 Å². The molecule has 0 saturated heterocycles. The Morgan fingerprint density at radius 2 is 1.49 bits per heavy atom. The van der Waals surface area contributed by atoms with Gasteiger partial charge in [0.25, 0.3) is 5.24 Å². The second-order valence-electron chi connectivity index (χ2n) is 5.48. The van der Waals surface area contributed by atoms with E-state index in [1.165, 1.54) is 47.2 Å². The first kappa shape index (κ1) is 39.5. The Balaban J connectivity index is 3.23. The van der Waals surface area contributed by atoms with Gasteiger partial charge < -0.3 is 15.3 Å². The van der Waals surface area contributed by atoms with Crippen LogP contribution in [0.1, 0.15) is 0 Å². The largest absolute Gasteiger partial charge is 0.386 e. The van der Waals surface area contributed by atoms with Gasteiger partial charge in [0.15, 0.2) is 0 Å². The highest BCUT2D eigenvalue weighted by Crippen LogP contribution is 2.24. The van der Waals surface area contributed by atoms with Crippen LogP contribution in [0.25, 0.3) is 0 Å².